The highest BCUT2D eigenvalue weighted by Crippen LogP contribution is 2.34. The second-order valence-corrected chi connectivity index (χ2v) is 10.6. The highest BCUT2D eigenvalue weighted by molar-refractivity contribution is 6.31. The van der Waals surface area contributed by atoms with Crippen LogP contribution < -0.4 is 9.64 Å². The molecule has 3 aromatic rings. The molecule has 0 saturated heterocycles. The van der Waals surface area contributed by atoms with Crippen LogP contribution >= 0.6 is 11.6 Å². The molecule has 0 saturated carbocycles. The number of amides is 2. The summed E-state index contributed by atoms with van der Waals surface area (Å²) in [5.41, 5.74) is 2.78. The zero-order chi connectivity index (χ0) is 27.0. The van der Waals surface area contributed by atoms with E-state index in [9.17, 15) is 14.7 Å². The van der Waals surface area contributed by atoms with Crippen LogP contribution in [0.4, 0.5) is 5.69 Å². The maximum Gasteiger partial charge on any atom is 0.275 e. The van der Waals surface area contributed by atoms with Crippen LogP contribution in [0.5, 0.6) is 5.75 Å². The van der Waals surface area contributed by atoms with E-state index in [0.717, 1.165) is 5.56 Å². The van der Waals surface area contributed by atoms with Gasteiger partial charge in [-0.05, 0) is 44.0 Å². The Labute approximate surface area is 226 Å². The van der Waals surface area contributed by atoms with Gasteiger partial charge in [-0.2, -0.15) is 5.10 Å². The molecule has 0 unspecified atom stereocenters. The van der Waals surface area contributed by atoms with Gasteiger partial charge in [-0.15, -0.1) is 0 Å². The number of carbonyl (C=O) groups excluding carboxylic acids is 2. The molecule has 0 aliphatic carbocycles. The summed E-state index contributed by atoms with van der Waals surface area (Å²) in [5, 5.41) is 14.4. The van der Waals surface area contributed by atoms with Gasteiger partial charge in [0.1, 0.15) is 23.6 Å². The molecular weight excluding hydrogens is 504 g/mol. The van der Waals surface area contributed by atoms with Crippen LogP contribution in [0.3, 0.4) is 0 Å². The smallest absolute Gasteiger partial charge is 0.275 e. The van der Waals surface area contributed by atoms with Crippen molar-refractivity contribution < 1.29 is 19.4 Å². The van der Waals surface area contributed by atoms with Crippen LogP contribution in [0.15, 0.2) is 48.5 Å². The number of aromatic nitrogens is 2. The molecule has 2 amide bonds. The van der Waals surface area contributed by atoms with E-state index in [2.05, 4.69) is 16.9 Å². The van der Waals surface area contributed by atoms with Crippen molar-refractivity contribution in [1.29, 1.82) is 0 Å². The van der Waals surface area contributed by atoms with Crippen molar-refractivity contribution in [2.24, 2.45) is 5.41 Å². The molecule has 8 nitrogen and oxygen atoms in total. The minimum absolute atomic E-state index is 0.00865. The zero-order valence-electron chi connectivity index (χ0n) is 21.6. The summed E-state index contributed by atoms with van der Waals surface area (Å²) in [5.74, 6) is 6.06. The summed E-state index contributed by atoms with van der Waals surface area (Å²) in [6, 6.07) is 14.3. The van der Waals surface area contributed by atoms with Crippen LogP contribution in [-0.2, 0) is 17.8 Å². The van der Waals surface area contributed by atoms with Gasteiger partial charge in [0.25, 0.3) is 11.8 Å². The standard InChI is InChI=1S/C29H29ClN4O4/c1-29(2,18-35)13-11-19-9-10-22-24(15-19)38-17-23(27(36)32(22)3)33-14-12-21-25(28(33)37)31-34(26(21)30)16-20-7-5-4-6-8-20/h4-10,15,23,35H,12,14,16-18H2,1-3H3/t23-/m0/s1. The number of hydrogen-bond donors (Lipinski definition) is 1. The van der Waals surface area contributed by atoms with E-state index in [4.69, 9.17) is 16.3 Å². The predicted octanol–water partition coefficient (Wildman–Crippen LogP) is 3.38. The molecule has 2 aliphatic rings. The quantitative estimate of drug-likeness (QED) is 0.521. The summed E-state index contributed by atoms with van der Waals surface area (Å²) in [6.45, 7) is 4.45. The Morgan fingerprint density at radius 2 is 1.95 bits per heavy atom. The third-order valence-electron chi connectivity index (χ3n) is 6.87. The van der Waals surface area contributed by atoms with Gasteiger partial charge in [0, 0.05) is 30.1 Å². The van der Waals surface area contributed by atoms with Crippen LogP contribution in [0.25, 0.3) is 0 Å². The predicted molar refractivity (Wildman–Crippen MR) is 144 cm³/mol. The lowest BCUT2D eigenvalue weighted by Gasteiger charge is -2.33. The highest BCUT2D eigenvalue weighted by atomic mass is 35.5. The molecule has 2 aliphatic heterocycles. The van der Waals surface area contributed by atoms with Crippen LogP contribution in [0.2, 0.25) is 5.15 Å². The first-order valence-corrected chi connectivity index (χ1v) is 12.8. The molecule has 1 aromatic heterocycles. The molecule has 38 heavy (non-hydrogen) atoms. The number of benzene rings is 2. The lowest BCUT2D eigenvalue weighted by Crippen LogP contribution is -2.54. The van der Waals surface area contributed by atoms with E-state index in [-0.39, 0.29) is 30.7 Å². The van der Waals surface area contributed by atoms with Crippen LogP contribution in [0.1, 0.15) is 41.0 Å². The second kappa shape index (κ2) is 10.2. The first-order chi connectivity index (χ1) is 18.2. The fourth-order valence-corrected chi connectivity index (χ4v) is 4.85. The average molecular weight is 533 g/mol. The summed E-state index contributed by atoms with van der Waals surface area (Å²) in [4.78, 5) is 30.1. The largest absolute Gasteiger partial charge is 0.489 e. The van der Waals surface area contributed by atoms with Crippen molar-refractivity contribution >= 4 is 29.1 Å². The average Bonchev–Trinajstić information content (AvgIpc) is 3.18. The van der Waals surface area contributed by atoms with Crippen molar-refractivity contribution in [2.75, 3.05) is 31.7 Å². The summed E-state index contributed by atoms with van der Waals surface area (Å²) >= 11 is 6.61. The van der Waals surface area contributed by atoms with Gasteiger partial charge in [0.2, 0.25) is 0 Å². The number of fused-ring (bicyclic) bond motifs is 2. The summed E-state index contributed by atoms with van der Waals surface area (Å²) in [7, 11) is 1.67. The zero-order valence-corrected chi connectivity index (χ0v) is 22.3. The van der Waals surface area contributed by atoms with Gasteiger partial charge in [-0.3, -0.25) is 9.59 Å². The number of carbonyl (C=O) groups is 2. The van der Waals surface area contributed by atoms with Gasteiger partial charge in [0.05, 0.1) is 18.8 Å². The van der Waals surface area contributed by atoms with Crippen LogP contribution in [0, 0.1) is 17.3 Å². The fourth-order valence-electron chi connectivity index (χ4n) is 4.57. The number of halogens is 1. The number of aliphatic hydroxyl groups excluding tert-OH is 1. The summed E-state index contributed by atoms with van der Waals surface area (Å²) < 4.78 is 7.71. The first-order valence-electron chi connectivity index (χ1n) is 12.5. The number of ether oxygens (including phenoxy) is 1. The Morgan fingerprint density at radius 1 is 1.18 bits per heavy atom. The molecular formula is C29H29ClN4O4. The topological polar surface area (TPSA) is 87.9 Å². The minimum Gasteiger partial charge on any atom is -0.489 e. The molecule has 1 atom stereocenters. The van der Waals surface area contributed by atoms with E-state index in [0.29, 0.717) is 47.2 Å². The Hall–Kier alpha value is -3.80. The monoisotopic (exact) mass is 532 g/mol. The normalized spacial score (nSPS) is 17.2. The van der Waals surface area contributed by atoms with Crippen molar-refractivity contribution in [2.45, 2.75) is 32.9 Å². The lowest BCUT2D eigenvalue weighted by molar-refractivity contribution is -0.123. The molecule has 0 spiro atoms. The number of hydrogen-bond acceptors (Lipinski definition) is 5. The van der Waals surface area contributed by atoms with Crippen molar-refractivity contribution in [1.82, 2.24) is 14.7 Å². The van der Waals surface area contributed by atoms with E-state index in [1.807, 2.05) is 50.2 Å². The third-order valence-corrected chi connectivity index (χ3v) is 7.30. The second-order valence-electron chi connectivity index (χ2n) is 10.2. The molecule has 0 bridgehead atoms. The Bertz CT molecular complexity index is 1450. The van der Waals surface area contributed by atoms with Crippen molar-refractivity contribution in [3.8, 4) is 17.6 Å². The van der Waals surface area contributed by atoms with E-state index in [1.54, 1.807) is 23.9 Å². The third kappa shape index (κ3) is 4.87. The Morgan fingerprint density at radius 3 is 2.68 bits per heavy atom. The van der Waals surface area contributed by atoms with Gasteiger partial charge >= 0.3 is 0 Å². The number of rotatable bonds is 4. The first kappa shape index (κ1) is 25.8. The van der Waals surface area contributed by atoms with Gasteiger partial charge in [-0.1, -0.05) is 53.8 Å². The molecule has 5 rings (SSSR count). The van der Waals surface area contributed by atoms with Gasteiger partial charge in [0.15, 0.2) is 5.69 Å². The number of anilines is 1. The van der Waals surface area contributed by atoms with Crippen LogP contribution in [-0.4, -0.2) is 64.4 Å². The van der Waals surface area contributed by atoms with E-state index >= 15 is 0 Å². The fraction of sp³-hybridized carbons (Fsp3) is 0.345. The molecule has 9 heteroatoms. The Kier molecular flexibility index (Phi) is 6.91. The molecule has 3 heterocycles. The molecule has 0 radical (unpaired) electrons. The van der Waals surface area contributed by atoms with Crippen molar-refractivity contribution in [3.05, 3.63) is 76.1 Å². The minimum atomic E-state index is -0.811. The molecule has 2 aromatic carbocycles. The van der Waals surface area contributed by atoms with E-state index < -0.39 is 11.5 Å². The summed E-state index contributed by atoms with van der Waals surface area (Å²) in [6.07, 6.45) is 0.496. The highest BCUT2D eigenvalue weighted by Gasteiger charge is 2.40. The maximum absolute atomic E-state index is 13.6. The van der Waals surface area contributed by atoms with E-state index in [1.165, 1.54) is 9.80 Å². The maximum atomic E-state index is 13.6. The Balaban J connectivity index is 1.38. The van der Waals surface area contributed by atoms with Gasteiger partial charge < -0.3 is 19.6 Å². The molecule has 196 valence electrons. The lowest BCUT2D eigenvalue weighted by atomic mass is 9.95. The SMILES string of the molecule is CN1C(=O)[C@@H](N2CCc3c(nn(Cc4ccccc4)c3Cl)C2=O)COc2cc(C#CC(C)(C)CO)ccc21. The number of aliphatic hydroxyl groups is 1. The van der Waals surface area contributed by atoms with Crippen molar-refractivity contribution in [3.63, 3.8) is 0 Å². The molecule has 1 N–H and O–H groups in total. The number of likely N-dealkylation sites (N-methyl/N-ethyl adjacent to an activating group) is 1. The molecule has 0 fully saturated rings. The van der Waals surface area contributed by atoms with Gasteiger partial charge in [-0.25, -0.2) is 4.68 Å². The number of nitrogens with zero attached hydrogens (tertiary/aromatic N) is 4.